The standard InChI is InChI=1S/C15H18BrN3O2S/c1-10(8-21-2)18-14(20)9-22-15-17-7-13(19-15)11-3-5-12(16)6-4-11/h3-7,10H,8-9H2,1-2H3,(H,17,19)(H,18,20)/t10-/m1/s1. The Hall–Kier alpha value is -1.31. The van der Waals surface area contributed by atoms with Crippen molar-refractivity contribution < 1.29 is 9.53 Å². The Morgan fingerprint density at radius 1 is 1.45 bits per heavy atom. The van der Waals surface area contributed by atoms with Crippen molar-refractivity contribution in [3.63, 3.8) is 0 Å². The number of carbonyl (C=O) groups excluding carboxylic acids is 1. The SMILES string of the molecule is COC[C@@H](C)NC(=O)CSc1ncc(-c2ccc(Br)cc2)[nH]1. The Kier molecular flexibility index (Phi) is 6.48. The first-order chi connectivity index (χ1) is 10.6. The Morgan fingerprint density at radius 2 is 2.18 bits per heavy atom. The molecule has 0 saturated heterocycles. The molecule has 22 heavy (non-hydrogen) atoms. The number of nitrogens with zero attached hydrogens (tertiary/aromatic N) is 1. The van der Waals surface area contributed by atoms with Crippen LogP contribution in [-0.2, 0) is 9.53 Å². The maximum absolute atomic E-state index is 11.8. The van der Waals surface area contributed by atoms with Crippen LogP contribution in [0.15, 0.2) is 40.1 Å². The fourth-order valence-electron chi connectivity index (χ4n) is 1.89. The van der Waals surface area contributed by atoms with Crippen molar-refractivity contribution in [2.45, 2.75) is 18.1 Å². The molecule has 1 amide bonds. The third-order valence-electron chi connectivity index (χ3n) is 2.87. The lowest BCUT2D eigenvalue weighted by molar-refractivity contribution is -0.119. The monoisotopic (exact) mass is 383 g/mol. The number of methoxy groups -OCH3 is 1. The number of benzene rings is 1. The lowest BCUT2D eigenvalue weighted by Crippen LogP contribution is -2.36. The molecular formula is C15H18BrN3O2S. The minimum Gasteiger partial charge on any atom is -0.383 e. The van der Waals surface area contributed by atoms with Gasteiger partial charge in [-0.15, -0.1) is 0 Å². The number of nitrogens with one attached hydrogen (secondary N) is 2. The van der Waals surface area contributed by atoms with E-state index in [2.05, 4.69) is 31.2 Å². The highest BCUT2D eigenvalue weighted by atomic mass is 79.9. The summed E-state index contributed by atoms with van der Waals surface area (Å²) in [4.78, 5) is 19.3. The first kappa shape index (κ1) is 17.1. The summed E-state index contributed by atoms with van der Waals surface area (Å²) in [5, 5.41) is 3.59. The molecule has 5 nitrogen and oxygen atoms in total. The second-order valence-electron chi connectivity index (χ2n) is 4.82. The minimum atomic E-state index is -0.0314. The van der Waals surface area contributed by atoms with Gasteiger partial charge in [-0.3, -0.25) is 4.79 Å². The number of amides is 1. The predicted octanol–water partition coefficient (Wildman–Crippen LogP) is 3.08. The fraction of sp³-hybridized carbons (Fsp3) is 0.333. The molecular weight excluding hydrogens is 366 g/mol. The van der Waals surface area contributed by atoms with Crippen molar-refractivity contribution in [2.24, 2.45) is 0 Å². The molecule has 0 unspecified atom stereocenters. The van der Waals surface area contributed by atoms with Crippen LogP contribution < -0.4 is 5.32 Å². The first-order valence-corrected chi connectivity index (χ1v) is 8.58. The van der Waals surface area contributed by atoms with E-state index in [9.17, 15) is 4.79 Å². The number of aromatic nitrogens is 2. The van der Waals surface area contributed by atoms with E-state index in [1.165, 1.54) is 11.8 Å². The third-order valence-corrected chi connectivity index (χ3v) is 4.29. The molecule has 2 aromatic rings. The van der Waals surface area contributed by atoms with Gasteiger partial charge in [-0.05, 0) is 24.6 Å². The summed E-state index contributed by atoms with van der Waals surface area (Å²) in [5.41, 5.74) is 1.99. The lowest BCUT2D eigenvalue weighted by atomic mass is 10.2. The molecule has 0 spiro atoms. The number of thioether (sulfide) groups is 1. The normalized spacial score (nSPS) is 12.1. The highest BCUT2D eigenvalue weighted by Gasteiger charge is 2.09. The summed E-state index contributed by atoms with van der Waals surface area (Å²) >= 11 is 4.79. The summed E-state index contributed by atoms with van der Waals surface area (Å²) in [6, 6.07) is 7.98. The number of hydrogen-bond acceptors (Lipinski definition) is 4. The topological polar surface area (TPSA) is 67.0 Å². The number of ether oxygens (including phenoxy) is 1. The van der Waals surface area contributed by atoms with Gasteiger partial charge in [0.05, 0.1) is 24.3 Å². The highest BCUT2D eigenvalue weighted by Crippen LogP contribution is 2.22. The van der Waals surface area contributed by atoms with Crippen molar-refractivity contribution >= 4 is 33.6 Å². The summed E-state index contributed by atoms with van der Waals surface area (Å²) in [6.07, 6.45) is 1.77. The molecule has 0 fully saturated rings. The smallest absolute Gasteiger partial charge is 0.230 e. The molecule has 1 aromatic heterocycles. The van der Waals surface area contributed by atoms with Gasteiger partial charge in [0.1, 0.15) is 0 Å². The zero-order valence-electron chi connectivity index (χ0n) is 12.4. The maximum Gasteiger partial charge on any atom is 0.230 e. The van der Waals surface area contributed by atoms with Crippen molar-refractivity contribution in [2.75, 3.05) is 19.5 Å². The molecule has 1 heterocycles. The summed E-state index contributed by atoms with van der Waals surface area (Å²) < 4.78 is 6.02. The number of hydrogen-bond donors (Lipinski definition) is 2. The van der Waals surface area contributed by atoms with E-state index in [-0.39, 0.29) is 11.9 Å². The average molecular weight is 384 g/mol. The zero-order chi connectivity index (χ0) is 15.9. The number of carbonyl (C=O) groups is 1. The number of H-pyrrole nitrogens is 1. The van der Waals surface area contributed by atoms with Gasteiger partial charge in [0.25, 0.3) is 0 Å². The van der Waals surface area contributed by atoms with E-state index in [0.717, 1.165) is 20.9 Å². The second-order valence-corrected chi connectivity index (χ2v) is 6.70. The number of rotatable bonds is 7. The van der Waals surface area contributed by atoms with Crippen molar-refractivity contribution in [3.05, 3.63) is 34.9 Å². The van der Waals surface area contributed by atoms with Crippen LogP contribution in [0.5, 0.6) is 0 Å². The molecule has 0 aliphatic carbocycles. The van der Waals surface area contributed by atoms with Crippen LogP contribution in [0.1, 0.15) is 6.92 Å². The maximum atomic E-state index is 11.8. The minimum absolute atomic E-state index is 0.00743. The predicted molar refractivity (Wildman–Crippen MR) is 91.9 cm³/mol. The van der Waals surface area contributed by atoms with Crippen molar-refractivity contribution in [1.82, 2.24) is 15.3 Å². The molecule has 0 bridgehead atoms. The van der Waals surface area contributed by atoms with E-state index < -0.39 is 0 Å². The third kappa shape index (κ3) is 5.15. The number of aromatic amines is 1. The van der Waals surface area contributed by atoms with Gasteiger partial charge >= 0.3 is 0 Å². The van der Waals surface area contributed by atoms with Crippen LogP contribution in [0.2, 0.25) is 0 Å². The number of imidazole rings is 1. The largest absolute Gasteiger partial charge is 0.383 e. The van der Waals surface area contributed by atoms with E-state index in [1.54, 1.807) is 13.3 Å². The zero-order valence-corrected chi connectivity index (χ0v) is 14.8. The van der Waals surface area contributed by atoms with Crippen LogP contribution in [-0.4, -0.2) is 41.4 Å². The molecule has 0 radical (unpaired) electrons. The molecule has 118 valence electrons. The van der Waals surface area contributed by atoms with Crippen LogP contribution in [0, 0.1) is 0 Å². The summed E-state index contributed by atoms with van der Waals surface area (Å²) in [5.74, 6) is 0.289. The molecule has 0 aliphatic rings. The van der Waals surface area contributed by atoms with Gasteiger partial charge in [0, 0.05) is 17.6 Å². The molecule has 0 aliphatic heterocycles. The summed E-state index contributed by atoms with van der Waals surface area (Å²) in [7, 11) is 1.61. The average Bonchev–Trinajstić information content (AvgIpc) is 2.95. The lowest BCUT2D eigenvalue weighted by Gasteiger charge is -2.11. The van der Waals surface area contributed by atoms with Gasteiger partial charge in [-0.2, -0.15) is 0 Å². The van der Waals surface area contributed by atoms with Gasteiger partial charge in [-0.1, -0.05) is 39.8 Å². The van der Waals surface area contributed by atoms with Crippen molar-refractivity contribution in [1.29, 1.82) is 0 Å². The molecule has 1 aromatic carbocycles. The van der Waals surface area contributed by atoms with E-state index in [1.807, 2.05) is 31.2 Å². The van der Waals surface area contributed by atoms with Gasteiger partial charge in [-0.25, -0.2) is 4.98 Å². The van der Waals surface area contributed by atoms with Crippen molar-refractivity contribution in [3.8, 4) is 11.3 Å². The Morgan fingerprint density at radius 3 is 2.86 bits per heavy atom. The van der Waals surface area contributed by atoms with E-state index in [0.29, 0.717) is 12.4 Å². The fourth-order valence-corrected chi connectivity index (χ4v) is 2.82. The summed E-state index contributed by atoms with van der Waals surface area (Å²) in [6.45, 7) is 2.41. The van der Waals surface area contributed by atoms with Crippen LogP contribution in [0.25, 0.3) is 11.3 Å². The Labute approximate surface area is 142 Å². The highest BCUT2D eigenvalue weighted by molar-refractivity contribution is 9.10. The molecule has 2 N–H and O–H groups in total. The first-order valence-electron chi connectivity index (χ1n) is 6.80. The molecule has 0 saturated carbocycles. The van der Waals surface area contributed by atoms with Crippen LogP contribution in [0.4, 0.5) is 0 Å². The van der Waals surface area contributed by atoms with Crippen LogP contribution in [0.3, 0.4) is 0 Å². The van der Waals surface area contributed by atoms with E-state index >= 15 is 0 Å². The Bertz CT molecular complexity index is 616. The van der Waals surface area contributed by atoms with E-state index in [4.69, 9.17) is 4.74 Å². The second kappa shape index (κ2) is 8.36. The molecule has 2 rings (SSSR count). The number of halogens is 1. The quantitative estimate of drug-likeness (QED) is 0.720. The van der Waals surface area contributed by atoms with Gasteiger partial charge in [0.15, 0.2) is 5.16 Å². The van der Waals surface area contributed by atoms with Crippen LogP contribution >= 0.6 is 27.7 Å². The molecule has 1 atom stereocenters. The van der Waals surface area contributed by atoms with Gasteiger partial charge < -0.3 is 15.0 Å². The molecule has 7 heteroatoms. The van der Waals surface area contributed by atoms with Gasteiger partial charge in [0.2, 0.25) is 5.91 Å². The Balaban J connectivity index is 1.87.